The molecule has 148 valence electrons. The van der Waals surface area contributed by atoms with Gasteiger partial charge in [-0.3, -0.25) is 4.55 Å². The normalized spacial score (nSPS) is 14.3. The highest BCUT2D eigenvalue weighted by Crippen LogP contribution is 2.10. The molecule has 0 saturated carbocycles. The number of esters is 1. The molecule has 0 saturated heterocycles. The number of carbonyl (C=O) groups excluding carboxylic acids is 1. The monoisotopic (exact) mass is 396 g/mol. The van der Waals surface area contributed by atoms with Crippen LogP contribution in [0.1, 0.15) is 24.2 Å². The summed E-state index contributed by atoms with van der Waals surface area (Å²) in [5.74, 6) is -0.805. The Bertz CT molecular complexity index is 789. The Morgan fingerprint density at radius 1 is 0.963 bits per heavy atom. The SMILES string of the molecule is CC(O)C(C)C(O)COC(=O)c1ccccc1.O=S(=O)(O)c1ccccc1. The molecule has 0 bridgehead atoms. The summed E-state index contributed by atoms with van der Waals surface area (Å²) < 4.78 is 34.2. The van der Waals surface area contributed by atoms with Gasteiger partial charge in [0.1, 0.15) is 6.61 Å². The third-order valence-electron chi connectivity index (χ3n) is 3.80. The summed E-state index contributed by atoms with van der Waals surface area (Å²) >= 11 is 0. The lowest BCUT2D eigenvalue weighted by atomic mass is 10.0. The molecule has 27 heavy (non-hydrogen) atoms. The Hall–Kier alpha value is -2.26. The van der Waals surface area contributed by atoms with Crippen LogP contribution >= 0.6 is 0 Å². The zero-order valence-electron chi connectivity index (χ0n) is 15.1. The average Bonchev–Trinajstić information content (AvgIpc) is 2.66. The second kappa shape index (κ2) is 10.8. The average molecular weight is 396 g/mol. The first-order valence-electron chi connectivity index (χ1n) is 8.23. The summed E-state index contributed by atoms with van der Waals surface area (Å²) in [6.45, 7) is 3.18. The minimum absolute atomic E-state index is 0.0741. The summed E-state index contributed by atoms with van der Waals surface area (Å²) in [6, 6.07) is 16.0. The Labute approximate surface area is 159 Å². The van der Waals surface area contributed by atoms with E-state index in [2.05, 4.69) is 0 Å². The molecular weight excluding hydrogens is 372 g/mol. The maximum absolute atomic E-state index is 11.5. The van der Waals surface area contributed by atoms with Crippen molar-refractivity contribution in [2.24, 2.45) is 5.92 Å². The van der Waals surface area contributed by atoms with Gasteiger partial charge in [-0.05, 0) is 31.2 Å². The zero-order valence-corrected chi connectivity index (χ0v) is 15.9. The second-order valence-corrected chi connectivity index (χ2v) is 7.34. The van der Waals surface area contributed by atoms with Gasteiger partial charge in [-0.25, -0.2) is 4.79 Å². The van der Waals surface area contributed by atoms with Gasteiger partial charge in [-0.15, -0.1) is 0 Å². The van der Waals surface area contributed by atoms with E-state index in [1.807, 2.05) is 0 Å². The number of benzene rings is 2. The number of ether oxygens (including phenoxy) is 1. The van der Waals surface area contributed by atoms with Crippen molar-refractivity contribution < 1.29 is 32.7 Å². The summed E-state index contributed by atoms with van der Waals surface area (Å²) in [7, 11) is -4.00. The molecule has 0 fully saturated rings. The maximum atomic E-state index is 11.5. The van der Waals surface area contributed by atoms with Crippen molar-refractivity contribution in [3.63, 3.8) is 0 Å². The fourth-order valence-corrected chi connectivity index (χ4v) is 2.39. The molecule has 3 unspecified atom stereocenters. The van der Waals surface area contributed by atoms with E-state index >= 15 is 0 Å². The summed E-state index contributed by atoms with van der Waals surface area (Å²) in [5.41, 5.74) is 0.449. The predicted molar refractivity (Wildman–Crippen MR) is 99.8 cm³/mol. The number of hydrogen-bond acceptors (Lipinski definition) is 6. The van der Waals surface area contributed by atoms with Crippen molar-refractivity contribution in [1.82, 2.24) is 0 Å². The van der Waals surface area contributed by atoms with Crippen LogP contribution in [0.3, 0.4) is 0 Å². The lowest BCUT2D eigenvalue weighted by Gasteiger charge is -2.20. The highest BCUT2D eigenvalue weighted by atomic mass is 32.2. The van der Waals surface area contributed by atoms with Crippen LogP contribution < -0.4 is 0 Å². The molecule has 0 amide bonds. The quantitative estimate of drug-likeness (QED) is 0.505. The Kier molecular flexibility index (Phi) is 9.10. The van der Waals surface area contributed by atoms with E-state index in [1.165, 1.54) is 12.1 Å². The highest BCUT2D eigenvalue weighted by molar-refractivity contribution is 7.85. The second-order valence-electron chi connectivity index (χ2n) is 5.92. The molecule has 0 heterocycles. The van der Waals surface area contributed by atoms with Gasteiger partial charge < -0.3 is 14.9 Å². The number of aliphatic hydroxyl groups is 2. The van der Waals surface area contributed by atoms with Crippen LogP contribution in [0.15, 0.2) is 65.6 Å². The lowest BCUT2D eigenvalue weighted by Crippen LogP contribution is -2.32. The molecule has 2 aromatic rings. The first-order valence-corrected chi connectivity index (χ1v) is 9.67. The minimum atomic E-state index is -4.00. The van der Waals surface area contributed by atoms with Gasteiger partial charge in [0.25, 0.3) is 10.1 Å². The summed E-state index contributed by atoms with van der Waals surface area (Å²) in [6.07, 6.45) is -1.50. The van der Waals surface area contributed by atoms with E-state index in [-0.39, 0.29) is 17.4 Å². The zero-order chi connectivity index (χ0) is 20.4. The first-order chi connectivity index (χ1) is 12.6. The molecule has 0 aliphatic rings. The Morgan fingerprint density at radius 3 is 1.85 bits per heavy atom. The van der Waals surface area contributed by atoms with Crippen molar-refractivity contribution in [3.8, 4) is 0 Å². The van der Waals surface area contributed by atoms with Crippen LogP contribution in [0.4, 0.5) is 0 Å². The van der Waals surface area contributed by atoms with Crippen LogP contribution in [-0.2, 0) is 14.9 Å². The smallest absolute Gasteiger partial charge is 0.338 e. The highest BCUT2D eigenvalue weighted by Gasteiger charge is 2.20. The topological polar surface area (TPSA) is 121 Å². The van der Waals surface area contributed by atoms with E-state index in [1.54, 1.807) is 62.4 Å². The van der Waals surface area contributed by atoms with E-state index in [0.29, 0.717) is 5.56 Å². The first kappa shape index (κ1) is 22.8. The molecule has 0 aliphatic heterocycles. The van der Waals surface area contributed by atoms with Crippen molar-refractivity contribution in [1.29, 1.82) is 0 Å². The van der Waals surface area contributed by atoms with Crippen molar-refractivity contribution in [2.75, 3.05) is 6.61 Å². The van der Waals surface area contributed by atoms with E-state index in [4.69, 9.17) is 9.29 Å². The number of aliphatic hydroxyl groups excluding tert-OH is 2. The number of hydrogen-bond donors (Lipinski definition) is 3. The molecule has 0 radical (unpaired) electrons. The van der Waals surface area contributed by atoms with Crippen LogP contribution in [0, 0.1) is 5.92 Å². The van der Waals surface area contributed by atoms with Gasteiger partial charge in [-0.1, -0.05) is 43.3 Å². The molecule has 2 rings (SSSR count). The van der Waals surface area contributed by atoms with Gasteiger partial charge in [0.2, 0.25) is 0 Å². The van der Waals surface area contributed by atoms with Crippen molar-refractivity contribution >= 4 is 16.1 Å². The molecule has 0 aromatic heterocycles. The van der Waals surface area contributed by atoms with Crippen LogP contribution in [0.25, 0.3) is 0 Å². The predicted octanol–water partition coefficient (Wildman–Crippen LogP) is 2.15. The van der Waals surface area contributed by atoms with Crippen molar-refractivity contribution in [2.45, 2.75) is 31.0 Å². The van der Waals surface area contributed by atoms with Gasteiger partial charge in [-0.2, -0.15) is 8.42 Å². The van der Waals surface area contributed by atoms with E-state index in [9.17, 15) is 23.4 Å². The van der Waals surface area contributed by atoms with E-state index < -0.39 is 28.3 Å². The minimum Gasteiger partial charge on any atom is -0.459 e. The van der Waals surface area contributed by atoms with Gasteiger partial charge in [0.15, 0.2) is 0 Å². The molecule has 0 spiro atoms. The van der Waals surface area contributed by atoms with Crippen LogP contribution in [-0.4, -0.2) is 48.0 Å². The summed E-state index contributed by atoms with van der Waals surface area (Å²) in [4.78, 5) is 11.5. The molecular formula is C19H24O7S. The van der Waals surface area contributed by atoms with E-state index in [0.717, 1.165) is 0 Å². The van der Waals surface area contributed by atoms with Gasteiger partial charge in [0.05, 0.1) is 22.7 Å². The molecule has 3 atom stereocenters. The molecule has 3 N–H and O–H groups in total. The van der Waals surface area contributed by atoms with Crippen LogP contribution in [0.5, 0.6) is 0 Å². The largest absolute Gasteiger partial charge is 0.459 e. The molecule has 7 nitrogen and oxygen atoms in total. The van der Waals surface area contributed by atoms with Gasteiger partial charge in [0, 0.05) is 5.92 Å². The van der Waals surface area contributed by atoms with Crippen molar-refractivity contribution in [3.05, 3.63) is 66.2 Å². The maximum Gasteiger partial charge on any atom is 0.338 e. The Morgan fingerprint density at radius 2 is 1.44 bits per heavy atom. The Balaban J connectivity index is 0.000000309. The summed E-state index contributed by atoms with van der Waals surface area (Å²) in [5, 5.41) is 18.9. The molecule has 8 heteroatoms. The fourth-order valence-electron chi connectivity index (χ4n) is 1.88. The third kappa shape index (κ3) is 8.31. The molecule has 0 aliphatic carbocycles. The number of rotatable bonds is 6. The third-order valence-corrected chi connectivity index (χ3v) is 4.67. The number of carbonyl (C=O) groups is 1. The standard InChI is InChI=1S/C13H18O4.C6H6O3S/c1-9(10(2)14)12(15)8-17-13(16)11-6-4-3-5-7-11;7-10(8,9)6-4-2-1-3-5-6/h3-7,9-10,12,14-15H,8H2,1-2H3;1-5H,(H,7,8,9). The lowest BCUT2D eigenvalue weighted by molar-refractivity contribution is -0.0172. The fraction of sp³-hybridized carbons (Fsp3) is 0.316. The van der Waals surface area contributed by atoms with Crippen LogP contribution in [0.2, 0.25) is 0 Å². The van der Waals surface area contributed by atoms with Gasteiger partial charge >= 0.3 is 5.97 Å². The molecule has 2 aromatic carbocycles.